The van der Waals surface area contributed by atoms with E-state index in [1.165, 1.54) is 51.0 Å². The molecule has 2 aliphatic heterocycles. The zero-order valence-electron chi connectivity index (χ0n) is 10.7. The summed E-state index contributed by atoms with van der Waals surface area (Å²) in [6.45, 7) is 4.93. The van der Waals surface area contributed by atoms with Crippen LogP contribution in [0.4, 0.5) is 5.69 Å². The summed E-state index contributed by atoms with van der Waals surface area (Å²) >= 11 is 3.50. The molecule has 3 heterocycles. The number of halogens is 1. The molecule has 0 spiro atoms. The molecular weight excluding hydrogens is 290 g/mol. The molecule has 2 aliphatic rings. The van der Waals surface area contributed by atoms with Gasteiger partial charge < -0.3 is 4.90 Å². The fourth-order valence-electron chi connectivity index (χ4n) is 3.13. The van der Waals surface area contributed by atoms with Crippen molar-refractivity contribution in [2.75, 3.05) is 31.1 Å². The summed E-state index contributed by atoms with van der Waals surface area (Å²) in [4.78, 5) is 9.42. The van der Waals surface area contributed by atoms with Crippen LogP contribution in [0.25, 0.3) is 0 Å². The number of likely N-dealkylation sites (tertiary alicyclic amines) is 1. The summed E-state index contributed by atoms with van der Waals surface area (Å²) in [5, 5.41) is 0. The highest BCUT2D eigenvalue weighted by Gasteiger charge is 2.28. The average molecular weight is 310 g/mol. The lowest BCUT2D eigenvalue weighted by Gasteiger charge is -2.32. The van der Waals surface area contributed by atoms with Crippen LogP contribution < -0.4 is 4.90 Å². The van der Waals surface area contributed by atoms with E-state index in [0.717, 1.165) is 17.1 Å². The van der Waals surface area contributed by atoms with Gasteiger partial charge in [0, 0.05) is 29.8 Å². The molecule has 0 amide bonds. The van der Waals surface area contributed by atoms with Crippen LogP contribution in [0.3, 0.4) is 0 Å². The zero-order chi connectivity index (χ0) is 12.4. The molecule has 0 N–H and O–H groups in total. The van der Waals surface area contributed by atoms with E-state index in [1.54, 1.807) is 0 Å². The number of pyridine rings is 1. The second-order valence-electron chi connectivity index (χ2n) is 5.35. The van der Waals surface area contributed by atoms with Crippen LogP contribution in [0.2, 0.25) is 0 Å². The lowest BCUT2D eigenvalue weighted by atomic mass is 10.1. The van der Waals surface area contributed by atoms with Crippen molar-refractivity contribution >= 4 is 21.6 Å². The fourth-order valence-corrected chi connectivity index (χ4v) is 3.48. The van der Waals surface area contributed by atoms with E-state index in [0.29, 0.717) is 0 Å². The van der Waals surface area contributed by atoms with Crippen LogP contribution in [0.1, 0.15) is 25.7 Å². The van der Waals surface area contributed by atoms with Gasteiger partial charge in [-0.2, -0.15) is 0 Å². The van der Waals surface area contributed by atoms with Gasteiger partial charge in [-0.1, -0.05) is 6.42 Å². The molecule has 1 aromatic heterocycles. The van der Waals surface area contributed by atoms with Crippen molar-refractivity contribution in [2.24, 2.45) is 0 Å². The van der Waals surface area contributed by atoms with Crippen LogP contribution in [-0.4, -0.2) is 42.1 Å². The standard InChI is InChI=1S/C14H20BrN3/c15-12-8-14(10-16-9-12)18-7-4-13(11-18)17-5-2-1-3-6-17/h8-10,13H,1-7,11H2. The van der Waals surface area contributed by atoms with Crippen molar-refractivity contribution < 1.29 is 0 Å². The van der Waals surface area contributed by atoms with E-state index in [-0.39, 0.29) is 0 Å². The van der Waals surface area contributed by atoms with Crippen molar-refractivity contribution in [1.29, 1.82) is 0 Å². The minimum Gasteiger partial charge on any atom is -0.369 e. The molecule has 1 unspecified atom stereocenters. The van der Waals surface area contributed by atoms with Crippen molar-refractivity contribution in [1.82, 2.24) is 9.88 Å². The van der Waals surface area contributed by atoms with E-state index in [4.69, 9.17) is 0 Å². The zero-order valence-corrected chi connectivity index (χ0v) is 12.3. The van der Waals surface area contributed by atoms with E-state index >= 15 is 0 Å². The third kappa shape index (κ3) is 2.69. The van der Waals surface area contributed by atoms with Crippen molar-refractivity contribution in [2.45, 2.75) is 31.7 Å². The van der Waals surface area contributed by atoms with Crippen molar-refractivity contribution in [3.63, 3.8) is 0 Å². The number of nitrogens with zero attached hydrogens (tertiary/aromatic N) is 3. The smallest absolute Gasteiger partial charge is 0.0564 e. The highest BCUT2D eigenvalue weighted by atomic mass is 79.9. The minimum atomic E-state index is 0.754. The second-order valence-corrected chi connectivity index (χ2v) is 6.26. The molecule has 98 valence electrons. The molecule has 4 heteroatoms. The summed E-state index contributed by atoms with van der Waals surface area (Å²) in [7, 11) is 0. The van der Waals surface area contributed by atoms with Gasteiger partial charge in [-0.15, -0.1) is 0 Å². The lowest BCUT2D eigenvalue weighted by molar-refractivity contribution is 0.175. The normalized spacial score (nSPS) is 25.6. The number of aromatic nitrogens is 1. The van der Waals surface area contributed by atoms with Gasteiger partial charge in [0.15, 0.2) is 0 Å². The molecule has 0 aromatic carbocycles. The Balaban J connectivity index is 1.64. The van der Waals surface area contributed by atoms with Gasteiger partial charge in [-0.05, 0) is 54.3 Å². The quantitative estimate of drug-likeness (QED) is 0.837. The van der Waals surface area contributed by atoms with Crippen LogP contribution in [0, 0.1) is 0 Å². The molecule has 0 saturated carbocycles. The molecule has 0 aliphatic carbocycles. The van der Waals surface area contributed by atoms with Crippen molar-refractivity contribution in [3.05, 3.63) is 22.9 Å². The summed E-state index contributed by atoms with van der Waals surface area (Å²) < 4.78 is 1.07. The Labute approximate surface area is 117 Å². The van der Waals surface area contributed by atoms with Crippen molar-refractivity contribution in [3.8, 4) is 0 Å². The van der Waals surface area contributed by atoms with E-state index in [1.807, 2.05) is 12.4 Å². The third-order valence-electron chi connectivity index (χ3n) is 4.13. The van der Waals surface area contributed by atoms with Crippen LogP contribution >= 0.6 is 15.9 Å². The first kappa shape index (κ1) is 12.4. The van der Waals surface area contributed by atoms with Gasteiger partial charge in [0.25, 0.3) is 0 Å². The number of hydrogen-bond donors (Lipinski definition) is 0. The second kappa shape index (κ2) is 5.57. The van der Waals surface area contributed by atoms with Crippen LogP contribution in [0.5, 0.6) is 0 Å². The number of rotatable bonds is 2. The van der Waals surface area contributed by atoms with Crippen LogP contribution in [-0.2, 0) is 0 Å². The lowest BCUT2D eigenvalue weighted by Crippen LogP contribution is -2.40. The fraction of sp³-hybridized carbons (Fsp3) is 0.643. The largest absolute Gasteiger partial charge is 0.369 e. The highest BCUT2D eigenvalue weighted by Crippen LogP contribution is 2.26. The predicted octanol–water partition coefficient (Wildman–Crippen LogP) is 2.91. The predicted molar refractivity (Wildman–Crippen MR) is 78.0 cm³/mol. The molecular formula is C14H20BrN3. The van der Waals surface area contributed by atoms with E-state index < -0.39 is 0 Å². The third-order valence-corrected chi connectivity index (χ3v) is 4.56. The van der Waals surface area contributed by atoms with Gasteiger partial charge in [0.2, 0.25) is 0 Å². The SMILES string of the molecule is Brc1cncc(N2CCC(N3CCCCC3)C2)c1. The Hall–Kier alpha value is -0.610. The molecule has 1 atom stereocenters. The maximum atomic E-state index is 4.26. The molecule has 2 saturated heterocycles. The number of anilines is 1. The van der Waals surface area contributed by atoms with E-state index in [2.05, 4.69) is 36.8 Å². The maximum Gasteiger partial charge on any atom is 0.0564 e. The summed E-state index contributed by atoms with van der Waals surface area (Å²) in [6, 6.07) is 2.93. The number of piperidine rings is 1. The minimum absolute atomic E-state index is 0.754. The van der Waals surface area contributed by atoms with Gasteiger partial charge in [0.05, 0.1) is 11.9 Å². The van der Waals surface area contributed by atoms with E-state index in [9.17, 15) is 0 Å². The molecule has 0 bridgehead atoms. The summed E-state index contributed by atoms with van der Waals surface area (Å²) in [5.41, 5.74) is 1.25. The molecule has 2 fully saturated rings. The Bertz CT molecular complexity index is 404. The van der Waals surface area contributed by atoms with Gasteiger partial charge in [0.1, 0.15) is 0 Å². The topological polar surface area (TPSA) is 19.4 Å². The molecule has 0 radical (unpaired) electrons. The first-order valence-corrected chi connectivity index (χ1v) is 7.72. The summed E-state index contributed by atoms with van der Waals surface area (Å²) in [5.74, 6) is 0. The number of hydrogen-bond acceptors (Lipinski definition) is 3. The van der Waals surface area contributed by atoms with Gasteiger partial charge in [-0.3, -0.25) is 9.88 Å². The molecule has 18 heavy (non-hydrogen) atoms. The Kier molecular flexibility index (Phi) is 3.85. The molecule has 1 aromatic rings. The Morgan fingerprint density at radius 1 is 1.11 bits per heavy atom. The Morgan fingerprint density at radius 3 is 2.72 bits per heavy atom. The molecule has 3 rings (SSSR count). The first-order valence-electron chi connectivity index (χ1n) is 6.92. The van der Waals surface area contributed by atoms with Gasteiger partial charge in [-0.25, -0.2) is 0 Å². The molecule has 3 nitrogen and oxygen atoms in total. The first-order chi connectivity index (χ1) is 8.83. The maximum absolute atomic E-state index is 4.26. The van der Waals surface area contributed by atoms with Crippen LogP contribution in [0.15, 0.2) is 22.9 Å². The summed E-state index contributed by atoms with van der Waals surface area (Å²) in [6.07, 6.45) is 9.31. The monoisotopic (exact) mass is 309 g/mol. The van der Waals surface area contributed by atoms with Gasteiger partial charge >= 0.3 is 0 Å². The highest BCUT2D eigenvalue weighted by molar-refractivity contribution is 9.10. The Morgan fingerprint density at radius 2 is 1.94 bits per heavy atom. The average Bonchev–Trinajstić information content (AvgIpc) is 2.89.